The first kappa shape index (κ1) is 16.4. The molecule has 0 saturated heterocycles. The first-order chi connectivity index (χ1) is 11.5. The van der Waals surface area contributed by atoms with Gasteiger partial charge in [0.05, 0.1) is 12.6 Å². The first-order valence-corrected chi connectivity index (χ1v) is 8.42. The highest BCUT2D eigenvalue weighted by Crippen LogP contribution is 2.30. The Kier molecular flexibility index (Phi) is 4.53. The van der Waals surface area contributed by atoms with Crippen LogP contribution in [0.5, 0.6) is 0 Å². The van der Waals surface area contributed by atoms with E-state index in [1.807, 2.05) is 19.2 Å². The van der Waals surface area contributed by atoms with E-state index in [4.69, 9.17) is 4.42 Å². The molecule has 3 aromatic rings. The predicted molar refractivity (Wildman–Crippen MR) is 91.4 cm³/mol. The maximum absolute atomic E-state index is 13.4. The number of hydrogen-bond donors (Lipinski definition) is 1. The molecule has 24 heavy (non-hydrogen) atoms. The van der Waals surface area contributed by atoms with Crippen molar-refractivity contribution in [3.8, 4) is 0 Å². The quantitative estimate of drug-likeness (QED) is 0.768. The maximum Gasteiger partial charge on any atom is 0.318 e. The van der Waals surface area contributed by atoms with Crippen molar-refractivity contribution in [3.05, 3.63) is 51.9 Å². The minimum atomic E-state index is -0.327. The Bertz CT molecular complexity index is 860. The number of urea groups is 1. The monoisotopic (exact) mass is 347 g/mol. The molecule has 7 heteroatoms. The molecule has 0 aliphatic heterocycles. The van der Waals surface area contributed by atoms with Gasteiger partial charge in [0.2, 0.25) is 0 Å². The first-order valence-electron chi connectivity index (χ1n) is 7.54. The zero-order valence-corrected chi connectivity index (χ0v) is 14.5. The summed E-state index contributed by atoms with van der Waals surface area (Å²) in [5.41, 5.74) is 1.45. The van der Waals surface area contributed by atoms with E-state index >= 15 is 0 Å². The van der Waals surface area contributed by atoms with Crippen LogP contribution in [0.2, 0.25) is 0 Å². The molecule has 5 nitrogen and oxygen atoms in total. The van der Waals surface area contributed by atoms with Crippen LogP contribution in [0.15, 0.2) is 34.2 Å². The summed E-state index contributed by atoms with van der Waals surface area (Å²) in [6.45, 7) is 4.15. The number of halogens is 1. The van der Waals surface area contributed by atoms with Gasteiger partial charge in [-0.3, -0.25) is 0 Å². The number of nitrogens with one attached hydrogen (secondary N) is 1. The minimum absolute atomic E-state index is 0.219. The summed E-state index contributed by atoms with van der Waals surface area (Å²) in [6, 6.07) is 3.86. The largest absolute Gasteiger partial charge is 0.459 e. The van der Waals surface area contributed by atoms with Crippen LogP contribution in [0.1, 0.15) is 29.3 Å². The van der Waals surface area contributed by atoms with E-state index in [0.717, 1.165) is 16.0 Å². The van der Waals surface area contributed by atoms with E-state index in [1.54, 1.807) is 24.2 Å². The fourth-order valence-electron chi connectivity index (χ4n) is 2.59. The summed E-state index contributed by atoms with van der Waals surface area (Å²) in [5, 5.41) is 6.37. The Labute approximate surface area is 143 Å². The molecule has 0 saturated carbocycles. The van der Waals surface area contributed by atoms with Gasteiger partial charge in [-0.1, -0.05) is 0 Å². The third-order valence-electron chi connectivity index (χ3n) is 3.87. The van der Waals surface area contributed by atoms with Crippen LogP contribution in [-0.4, -0.2) is 23.0 Å². The molecule has 0 spiro atoms. The standard InChI is InChI=1S/C17H18FN3O2S/c1-10-13-8-12(18)4-5-14(13)23-16(10)11(2)20-17(22)21(3)9-15-19-6-7-24-15/h4-8,11H,9H2,1-3H3,(H,20,22)/t11-/m1/s1. The molecule has 0 bridgehead atoms. The van der Waals surface area contributed by atoms with Gasteiger partial charge in [0, 0.05) is 29.6 Å². The Balaban J connectivity index is 1.73. The number of nitrogens with zero attached hydrogens (tertiary/aromatic N) is 2. The molecule has 126 valence electrons. The van der Waals surface area contributed by atoms with Gasteiger partial charge in [0.25, 0.3) is 0 Å². The number of thiazole rings is 1. The number of fused-ring (bicyclic) bond motifs is 1. The second kappa shape index (κ2) is 6.60. The number of benzene rings is 1. The van der Waals surface area contributed by atoms with Gasteiger partial charge in [0.15, 0.2) is 0 Å². The Morgan fingerprint density at radius 3 is 3.00 bits per heavy atom. The lowest BCUT2D eigenvalue weighted by Gasteiger charge is -2.20. The lowest BCUT2D eigenvalue weighted by Crippen LogP contribution is -2.38. The topological polar surface area (TPSA) is 58.4 Å². The van der Waals surface area contributed by atoms with Crippen LogP contribution in [0.4, 0.5) is 9.18 Å². The lowest BCUT2D eigenvalue weighted by molar-refractivity contribution is 0.202. The number of rotatable bonds is 4. The van der Waals surface area contributed by atoms with Crippen LogP contribution in [0.3, 0.4) is 0 Å². The highest BCUT2D eigenvalue weighted by atomic mass is 32.1. The summed E-state index contributed by atoms with van der Waals surface area (Å²) in [5.74, 6) is 0.324. The summed E-state index contributed by atoms with van der Waals surface area (Å²) in [7, 11) is 1.71. The maximum atomic E-state index is 13.4. The van der Waals surface area contributed by atoms with Crippen LogP contribution < -0.4 is 5.32 Å². The zero-order valence-electron chi connectivity index (χ0n) is 13.7. The molecular formula is C17H18FN3O2S. The van der Waals surface area contributed by atoms with Crippen molar-refractivity contribution in [2.45, 2.75) is 26.4 Å². The predicted octanol–water partition coefficient (Wildman–Crippen LogP) is 4.24. The van der Waals surface area contributed by atoms with Gasteiger partial charge in [-0.05, 0) is 32.0 Å². The van der Waals surface area contributed by atoms with Crippen molar-refractivity contribution in [1.29, 1.82) is 0 Å². The van der Waals surface area contributed by atoms with Crippen molar-refractivity contribution in [1.82, 2.24) is 15.2 Å². The van der Waals surface area contributed by atoms with Crippen molar-refractivity contribution in [2.24, 2.45) is 0 Å². The average molecular weight is 347 g/mol. The van der Waals surface area contributed by atoms with Gasteiger partial charge >= 0.3 is 6.03 Å². The van der Waals surface area contributed by atoms with Gasteiger partial charge in [-0.25, -0.2) is 14.2 Å². The van der Waals surface area contributed by atoms with E-state index < -0.39 is 0 Å². The SMILES string of the molecule is Cc1c([C@@H](C)NC(=O)N(C)Cc2nccs2)oc2ccc(F)cc12. The van der Waals surface area contributed by atoms with Crippen LogP contribution in [0, 0.1) is 12.7 Å². The molecule has 2 amide bonds. The summed E-state index contributed by atoms with van der Waals surface area (Å²) in [6.07, 6.45) is 1.71. The third kappa shape index (κ3) is 3.26. The summed E-state index contributed by atoms with van der Waals surface area (Å²) >= 11 is 1.50. The normalized spacial score (nSPS) is 12.3. The number of furan rings is 1. The molecule has 2 aromatic heterocycles. The Morgan fingerprint density at radius 1 is 1.50 bits per heavy atom. The highest BCUT2D eigenvalue weighted by molar-refractivity contribution is 7.09. The van der Waals surface area contributed by atoms with Gasteiger partial charge < -0.3 is 14.6 Å². The fourth-order valence-corrected chi connectivity index (χ4v) is 3.26. The van der Waals surface area contributed by atoms with Crippen LogP contribution >= 0.6 is 11.3 Å². The zero-order chi connectivity index (χ0) is 17.3. The second-order valence-corrected chi connectivity index (χ2v) is 6.66. The molecule has 1 atom stereocenters. The molecule has 2 heterocycles. The van der Waals surface area contributed by atoms with Crippen LogP contribution in [0.25, 0.3) is 11.0 Å². The number of amides is 2. The van der Waals surface area contributed by atoms with Crippen molar-refractivity contribution in [3.63, 3.8) is 0 Å². The number of aromatic nitrogens is 1. The lowest BCUT2D eigenvalue weighted by atomic mass is 10.1. The Hall–Kier alpha value is -2.41. The minimum Gasteiger partial charge on any atom is -0.459 e. The van der Waals surface area contributed by atoms with E-state index in [0.29, 0.717) is 17.9 Å². The highest BCUT2D eigenvalue weighted by Gasteiger charge is 2.20. The van der Waals surface area contributed by atoms with E-state index in [9.17, 15) is 9.18 Å². The molecule has 0 aliphatic rings. The molecular weight excluding hydrogens is 329 g/mol. The molecule has 1 N–H and O–H groups in total. The van der Waals surface area contributed by atoms with E-state index in [1.165, 1.54) is 23.5 Å². The van der Waals surface area contributed by atoms with E-state index in [2.05, 4.69) is 10.3 Å². The van der Waals surface area contributed by atoms with Gasteiger partial charge in [-0.15, -0.1) is 11.3 Å². The van der Waals surface area contributed by atoms with Crippen molar-refractivity contribution in [2.75, 3.05) is 7.05 Å². The number of carbonyl (C=O) groups excluding carboxylic acids is 1. The fraction of sp³-hybridized carbons (Fsp3) is 0.294. The summed E-state index contributed by atoms with van der Waals surface area (Å²) < 4.78 is 19.2. The van der Waals surface area contributed by atoms with Crippen molar-refractivity contribution >= 4 is 28.3 Å². The molecule has 0 fully saturated rings. The molecule has 3 rings (SSSR count). The number of carbonyl (C=O) groups is 1. The number of aryl methyl sites for hydroxylation is 1. The van der Waals surface area contributed by atoms with E-state index in [-0.39, 0.29) is 17.9 Å². The smallest absolute Gasteiger partial charge is 0.318 e. The van der Waals surface area contributed by atoms with Crippen LogP contribution in [-0.2, 0) is 6.54 Å². The Morgan fingerprint density at radius 2 is 2.29 bits per heavy atom. The van der Waals surface area contributed by atoms with Crippen molar-refractivity contribution < 1.29 is 13.6 Å². The summed E-state index contributed by atoms with van der Waals surface area (Å²) in [4.78, 5) is 18.1. The average Bonchev–Trinajstić information content (AvgIpc) is 3.16. The van der Waals surface area contributed by atoms with Gasteiger partial charge in [-0.2, -0.15) is 0 Å². The second-order valence-electron chi connectivity index (χ2n) is 5.68. The molecule has 0 unspecified atom stereocenters. The molecule has 0 aliphatic carbocycles. The third-order valence-corrected chi connectivity index (χ3v) is 4.64. The number of hydrogen-bond acceptors (Lipinski definition) is 4. The van der Waals surface area contributed by atoms with Gasteiger partial charge in [0.1, 0.15) is 22.2 Å². The molecule has 0 radical (unpaired) electrons. The molecule has 1 aromatic carbocycles.